The highest BCUT2D eigenvalue weighted by Gasteiger charge is 2.37. The number of rotatable bonds is 11. The third-order valence-electron chi connectivity index (χ3n) is 5.00. The number of hydrogen-bond donors (Lipinski definition) is 2. The van der Waals surface area contributed by atoms with E-state index in [-0.39, 0.29) is 24.2 Å². The number of carboxylic acids is 1. The molecule has 0 aliphatic heterocycles. The molecule has 0 saturated carbocycles. The van der Waals surface area contributed by atoms with Crippen LogP contribution in [0.4, 0.5) is 4.79 Å². The van der Waals surface area contributed by atoms with Crippen LogP contribution in [-0.2, 0) is 14.0 Å². The molecule has 0 rings (SSSR count). The molecule has 0 heterocycles. The average Bonchev–Trinajstić information content (AvgIpc) is 2.47. The normalized spacial score (nSPS) is 14.0. The molecular formula is C21H44N2O5Si. The van der Waals surface area contributed by atoms with Crippen molar-refractivity contribution in [3.05, 3.63) is 0 Å². The van der Waals surface area contributed by atoms with Crippen LogP contribution in [0.1, 0.15) is 61.8 Å². The molecule has 8 heteroatoms. The van der Waals surface area contributed by atoms with Gasteiger partial charge in [-0.15, -0.1) is 0 Å². The molecule has 0 radical (unpaired) electrons. The second-order valence-corrected chi connectivity index (χ2v) is 15.5. The lowest BCUT2D eigenvalue weighted by Crippen LogP contribution is -2.48. The summed E-state index contributed by atoms with van der Waals surface area (Å²) in [5, 5.41) is 12.7. The summed E-state index contributed by atoms with van der Waals surface area (Å²) in [5.41, 5.74) is -0.668. The number of carbonyl (C=O) groups excluding carboxylic acids is 1. The lowest BCUT2D eigenvalue weighted by molar-refractivity contribution is -0.138. The Bertz CT molecular complexity index is 524. The minimum atomic E-state index is -1.85. The van der Waals surface area contributed by atoms with Gasteiger partial charge in [0.25, 0.3) is 0 Å². The first-order valence-corrected chi connectivity index (χ1v) is 13.4. The van der Waals surface area contributed by atoms with Crippen molar-refractivity contribution < 1.29 is 23.9 Å². The van der Waals surface area contributed by atoms with Gasteiger partial charge >= 0.3 is 12.1 Å². The molecule has 0 bridgehead atoms. The summed E-state index contributed by atoms with van der Waals surface area (Å²) in [6.07, 6.45) is 0.333. The molecule has 0 aliphatic rings. The van der Waals surface area contributed by atoms with Crippen LogP contribution in [0.25, 0.3) is 0 Å². The van der Waals surface area contributed by atoms with Gasteiger partial charge in [0, 0.05) is 25.7 Å². The summed E-state index contributed by atoms with van der Waals surface area (Å²) < 4.78 is 11.7. The van der Waals surface area contributed by atoms with Crippen LogP contribution in [0.2, 0.25) is 18.1 Å². The van der Waals surface area contributed by atoms with Gasteiger partial charge in [-0.05, 0) is 51.2 Å². The summed E-state index contributed by atoms with van der Waals surface area (Å²) in [5.74, 6) is -0.563. The molecule has 1 amide bonds. The van der Waals surface area contributed by atoms with Gasteiger partial charge in [0.1, 0.15) is 12.1 Å². The molecule has 1 atom stereocenters. The number of ether oxygens (including phenoxy) is 1. The molecule has 0 aromatic heterocycles. The summed E-state index contributed by atoms with van der Waals surface area (Å²) in [6, 6.07) is 0.148. The predicted octanol–water partition coefficient (Wildman–Crippen LogP) is 4.33. The van der Waals surface area contributed by atoms with E-state index in [4.69, 9.17) is 14.3 Å². The molecule has 0 aliphatic carbocycles. The van der Waals surface area contributed by atoms with E-state index in [0.29, 0.717) is 19.1 Å². The second kappa shape index (κ2) is 11.3. The third kappa shape index (κ3) is 12.2. The Kier molecular flexibility index (Phi) is 10.9. The van der Waals surface area contributed by atoms with Crippen molar-refractivity contribution in [2.45, 2.75) is 91.6 Å². The van der Waals surface area contributed by atoms with Crippen molar-refractivity contribution in [3.63, 3.8) is 0 Å². The maximum Gasteiger partial charge on any atom is 0.410 e. The SMILES string of the molecule is CC(C)C[C@@H](CO[Si](C)(C)C(C)(C)C)NCCN(CC(=O)O)C(=O)OC(C)(C)C. The van der Waals surface area contributed by atoms with Crippen LogP contribution in [0, 0.1) is 5.92 Å². The van der Waals surface area contributed by atoms with E-state index in [1.807, 2.05) is 0 Å². The fourth-order valence-electron chi connectivity index (χ4n) is 2.43. The fraction of sp³-hybridized carbons (Fsp3) is 0.905. The van der Waals surface area contributed by atoms with E-state index in [2.05, 4.69) is 53.0 Å². The monoisotopic (exact) mass is 432 g/mol. The first kappa shape index (κ1) is 27.9. The van der Waals surface area contributed by atoms with E-state index in [1.54, 1.807) is 20.8 Å². The minimum Gasteiger partial charge on any atom is -0.480 e. The van der Waals surface area contributed by atoms with Gasteiger partial charge < -0.3 is 19.6 Å². The maximum absolute atomic E-state index is 12.3. The number of carbonyl (C=O) groups is 2. The number of carboxylic acid groups (broad SMARTS) is 1. The molecule has 0 saturated heterocycles. The molecule has 2 N–H and O–H groups in total. The first-order valence-electron chi connectivity index (χ1n) is 10.5. The maximum atomic E-state index is 12.3. The quantitative estimate of drug-likeness (QED) is 0.472. The third-order valence-corrected chi connectivity index (χ3v) is 9.50. The van der Waals surface area contributed by atoms with Gasteiger partial charge in [-0.3, -0.25) is 9.69 Å². The Morgan fingerprint density at radius 2 is 1.66 bits per heavy atom. The largest absolute Gasteiger partial charge is 0.480 e. The van der Waals surface area contributed by atoms with Crippen LogP contribution >= 0.6 is 0 Å². The fourth-order valence-corrected chi connectivity index (χ4v) is 3.48. The van der Waals surface area contributed by atoms with Crippen LogP contribution in [0.5, 0.6) is 0 Å². The zero-order chi connectivity index (χ0) is 23.0. The Morgan fingerprint density at radius 3 is 2.07 bits per heavy atom. The molecule has 0 aromatic rings. The van der Waals surface area contributed by atoms with Crippen molar-refractivity contribution in [2.75, 3.05) is 26.2 Å². The minimum absolute atomic E-state index is 0.143. The Hall–Kier alpha value is -1.12. The highest BCUT2D eigenvalue weighted by atomic mass is 28.4. The van der Waals surface area contributed by atoms with Crippen molar-refractivity contribution in [3.8, 4) is 0 Å². The van der Waals surface area contributed by atoms with Crippen molar-refractivity contribution >= 4 is 20.4 Å². The molecule has 29 heavy (non-hydrogen) atoms. The first-order chi connectivity index (χ1) is 12.9. The van der Waals surface area contributed by atoms with Crippen LogP contribution in [-0.4, -0.2) is 68.3 Å². The zero-order valence-electron chi connectivity index (χ0n) is 20.2. The van der Waals surface area contributed by atoms with Crippen molar-refractivity contribution in [1.82, 2.24) is 10.2 Å². The highest BCUT2D eigenvalue weighted by Crippen LogP contribution is 2.36. The van der Waals surface area contributed by atoms with E-state index in [9.17, 15) is 9.59 Å². The van der Waals surface area contributed by atoms with Gasteiger partial charge in [-0.2, -0.15) is 0 Å². The summed E-state index contributed by atoms with van der Waals surface area (Å²) in [6.45, 7) is 21.7. The lowest BCUT2D eigenvalue weighted by atomic mass is 10.0. The number of aliphatic carboxylic acids is 1. The highest BCUT2D eigenvalue weighted by molar-refractivity contribution is 6.74. The van der Waals surface area contributed by atoms with Crippen molar-refractivity contribution in [2.24, 2.45) is 5.92 Å². The van der Waals surface area contributed by atoms with E-state index in [0.717, 1.165) is 6.42 Å². The summed E-state index contributed by atoms with van der Waals surface area (Å²) in [7, 11) is -1.85. The van der Waals surface area contributed by atoms with Gasteiger partial charge in [0.2, 0.25) is 0 Å². The van der Waals surface area contributed by atoms with Gasteiger partial charge in [-0.25, -0.2) is 4.79 Å². The van der Waals surface area contributed by atoms with Crippen LogP contribution < -0.4 is 5.32 Å². The van der Waals surface area contributed by atoms with E-state index < -0.39 is 26.0 Å². The van der Waals surface area contributed by atoms with Gasteiger partial charge in [-0.1, -0.05) is 34.6 Å². The zero-order valence-corrected chi connectivity index (χ0v) is 21.2. The van der Waals surface area contributed by atoms with E-state index >= 15 is 0 Å². The molecular weight excluding hydrogens is 388 g/mol. The number of amides is 1. The van der Waals surface area contributed by atoms with Crippen LogP contribution in [0.3, 0.4) is 0 Å². The average molecular weight is 433 g/mol. The molecule has 0 unspecified atom stereocenters. The number of hydrogen-bond acceptors (Lipinski definition) is 5. The second-order valence-electron chi connectivity index (χ2n) is 10.6. The van der Waals surface area contributed by atoms with Gasteiger partial charge in [0.15, 0.2) is 8.32 Å². The summed E-state index contributed by atoms with van der Waals surface area (Å²) in [4.78, 5) is 24.7. The van der Waals surface area contributed by atoms with Crippen molar-refractivity contribution in [1.29, 1.82) is 0 Å². The summed E-state index contributed by atoms with van der Waals surface area (Å²) >= 11 is 0. The Morgan fingerprint density at radius 1 is 1.10 bits per heavy atom. The molecule has 0 spiro atoms. The molecule has 172 valence electrons. The predicted molar refractivity (Wildman–Crippen MR) is 120 cm³/mol. The molecule has 0 aromatic carbocycles. The Balaban J connectivity index is 4.90. The number of nitrogens with zero attached hydrogens (tertiary/aromatic N) is 1. The smallest absolute Gasteiger partial charge is 0.410 e. The van der Waals surface area contributed by atoms with E-state index in [1.165, 1.54) is 4.90 Å². The lowest BCUT2D eigenvalue weighted by Gasteiger charge is -2.37. The Labute approximate surface area is 178 Å². The molecule has 0 fully saturated rings. The van der Waals surface area contributed by atoms with Crippen LogP contribution in [0.15, 0.2) is 0 Å². The standard InChI is InChI=1S/C21H44N2O5Si/c1-16(2)13-17(15-27-29(9,10)21(6,7)8)22-11-12-23(14-18(24)25)19(26)28-20(3,4)5/h16-17,22H,11-15H2,1-10H3,(H,24,25)/t17-/m0/s1. The number of nitrogens with one attached hydrogen (secondary N) is 1. The topological polar surface area (TPSA) is 88.1 Å². The van der Waals surface area contributed by atoms with Gasteiger partial charge in [0.05, 0.1) is 0 Å². The molecule has 7 nitrogen and oxygen atoms in total.